The molecule has 0 N–H and O–H groups in total. The Kier molecular flexibility index (Phi) is 5.48. The molecule has 0 unspecified atom stereocenters. The lowest BCUT2D eigenvalue weighted by Crippen LogP contribution is -2.43. The molecule has 2 fully saturated rings. The number of piperidine rings is 1. The van der Waals surface area contributed by atoms with Crippen LogP contribution in [0.5, 0.6) is 0 Å². The molecule has 1 aromatic heterocycles. The second kappa shape index (κ2) is 7.81. The van der Waals surface area contributed by atoms with Crippen molar-refractivity contribution in [1.29, 1.82) is 0 Å². The second-order valence-electron chi connectivity index (χ2n) is 8.63. The predicted molar refractivity (Wildman–Crippen MR) is 109 cm³/mol. The smallest absolute Gasteiger partial charge is 0.276 e. The summed E-state index contributed by atoms with van der Waals surface area (Å²) in [5, 5.41) is 0. The highest BCUT2D eigenvalue weighted by Gasteiger charge is 2.55. The zero-order valence-corrected chi connectivity index (χ0v) is 18.4. The first-order valence-corrected chi connectivity index (χ1v) is 12.2. The van der Waals surface area contributed by atoms with Crippen molar-refractivity contribution in [1.82, 2.24) is 19.1 Å². The van der Waals surface area contributed by atoms with E-state index in [4.69, 9.17) is 4.42 Å². The van der Waals surface area contributed by atoms with Gasteiger partial charge in [0.25, 0.3) is 5.91 Å². The first-order chi connectivity index (χ1) is 14.2. The fraction of sp³-hybridized carbons (Fsp3) is 0.650. The van der Waals surface area contributed by atoms with Crippen LogP contribution in [0.3, 0.4) is 0 Å². The highest BCUT2D eigenvalue weighted by Crippen LogP contribution is 2.41. The maximum absolute atomic E-state index is 13.2. The lowest BCUT2D eigenvalue weighted by molar-refractivity contribution is -0.128. The van der Waals surface area contributed by atoms with Gasteiger partial charge in [0.2, 0.25) is 21.8 Å². The predicted octanol–water partition coefficient (Wildman–Crippen LogP) is 1.44. The van der Waals surface area contributed by atoms with Crippen LogP contribution in [0.4, 0.5) is 0 Å². The molecular weight excluding hydrogens is 408 g/mol. The third-order valence-electron chi connectivity index (χ3n) is 6.09. The van der Waals surface area contributed by atoms with Crippen LogP contribution in [0.15, 0.2) is 22.5 Å². The third-order valence-corrected chi connectivity index (χ3v) is 7.14. The maximum atomic E-state index is 13.2. The summed E-state index contributed by atoms with van der Waals surface area (Å²) < 4.78 is 30.8. The van der Waals surface area contributed by atoms with Gasteiger partial charge in [-0.3, -0.25) is 14.5 Å². The summed E-state index contributed by atoms with van der Waals surface area (Å²) in [6.45, 7) is 6.50. The van der Waals surface area contributed by atoms with Crippen molar-refractivity contribution in [3.63, 3.8) is 0 Å². The van der Waals surface area contributed by atoms with Crippen molar-refractivity contribution in [2.45, 2.75) is 45.7 Å². The van der Waals surface area contributed by atoms with Crippen molar-refractivity contribution in [2.24, 2.45) is 11.8 Å². The summed E-state index contributed by atoms with van der Waals surface area (Å²) in [6, 6.07) is -0.609. The largest absolute Gasteiger partial charge is 0.447 e. The van der Waals surface area contributed by atoms with Crippen molar-refractivity contribution < 1.29 is 22.4 Å². The number of sulfonamides is 1. The minimum absolute atomic E-state index is 0.127. The van der Waals surface area contributed by atoms with Crippen LogP contribution in [0, 0.1) is 11.8 Å². The summed E-state index contributed by atoms with van der Waals surface area (Å²) in [5.74, 6) is -1.08. The second-order valence-corrected chi connectivity index (χ2v) is 10.5. The number of likely N-dealkylation sites (tertiary alicyclic amines) is 1. The fourth-order valence-corrected chi connectivity index (χ4v) is 5.73. The quantitative estimate of drug-likeness (QED) is 0.688. The van der Waals surface area contributed by atoms with Gasteiger partial charge in [0, 0.05) is 6.54 Å². The molecule has 4 heterocycles. The topological polar surface area (TPSA) is 104 Å². The van der Waals surface area contributed by atoms with Gasteiger partial charge in [-0.05, 0) is 37.9 Å². The molecule has 10 heteroatoms. The van der Waals surface area contributed by atoms with Gasteiger partial charge in [-0.1, -0.05) is 20.3 Å². The summed E-state index contributed by atoms with van der Waals surface area (Å²) in [7, 11) is -3.76. The van der Waals surface area contributed by atoms with E-state index in [0.717, 1.165) is 36.5 Å². The van der Waals surface area contributed by atoms with Crippen LogP contribution < -0.4 is 0 Å². The average Bonchev–Trinajstić information content (AvgIpc) is 3.35. The highest BCUT2D eigenvalue weighted by molar-refractivity contribution is 7.89. The van der Waals surface area contributed by atoms with E-state index in [1.165, 1.54) is 17.6 Å². The van der Waals surface area contributed by atoms with Crippen LogP contribution >= 0.6 is 0 Å². The van der Waals surface area contributed by atoms with Gasteiger partial charge in [0.15, 0.2) is 5.69 Å². The normalized spacial score (nSPS) is 25.2. The number of hydrogen-bond acceptors (Lipinski definition) is 7. The molecule has 9 nitrogen and oxygen atoms in total. The van der Waals surface area contributed by atoms with Gasteiger partial charge in [-0.15, -0.1) is 0 Å². The van der Waals surface area contributed by atoms with Gasteiger partial charge >= 0.3 is 0 Å². The number of carbonyl (C=O) groups excluding carboxylic acids is 2. The molecule has 3 aliphatic heterocycles. The number of fused-ring (bicyclic) bond motifs is 1. The molecule has 2 atom stereocenters. The van der Waals surface area contributed by atoms with Gasteiger partial charge < -0.3 is 9.32 Å². The van der Waals surface area contributed by atoms with E-state index in [2.05, 4.69) is 9.88 Å². The third kappa shape index (κ3) is 3.66. The van der Waals surface area contributed by atoms with Crippen LogP contribution in [0.1, 0.15) is 49.5 Å². The van der Waals surface area contributed by atoms with Crippen LogP contribution in [-0.4, -0.2) is 71.3 Å². The standard InChI is InChI=1S/C20H28N4O5S/c1-13(2)17-18-15(24(20(17)26)30(3,27)28)7-10-23(18)19(25)14-12-29-16(21-14)11-22-8-5-4-6-9-22/h7,12-13,17-18H,4-6,8-11H2,1-3H3/t17-,18+/m0/s1. The summed E-state index contributed by atoms with van der Waals surface area (Å²) in [4.78, 5) is 34.2. The van der Waals surface area contributed by atoms with Crippen molar-refractivity contribution in [3.05, 3.63) is 29.6 Å². The fourth-order valence-electron chi connectivity index (χ4n) is 4.72. The molecule has 30 heavy (non-hydrogen) atoms. The number of carbonyl (C=O) groups is 2. The number of aromatic nitrogens is 1. The molecule has 3 aliphatic rings. The van der Waals surface area contributed by atoms with E-state index in [1.807, 2.05) is 13.8 Å². The summed E-state index contributed by atoms with van der Waals surface area (Å²) >= 11 is 0. The van der Waals surface area contributed by atoms with Gasteiger partial charge in [-0.25, -0.2) is 17.7 Å². The lowest BCUT2D eigenvalue weighted by Gasteiger charge is -2.28. The maximum Gasteiger partial charge on any atom is 0.276 e. The van der Waals surface area contributed by atoms with E-state index in [1.54, 1.807) is 6.08 Å². The Morgan fingerprint density at radius 2 is 1.97 bits per heavy atom. The zero-order valence-electron chi connectivity index (χ0n) is 17.6. The van der Waals surface area contributed by atoms with E-state index in [9.17, 15) is 18.0 Å². The van der Waals surface area contributed by atoms with Gasteiger partial charge in [-0.2, -0.15) is 0 Å². The van der Waals surface area contributed by atoms with Gasteiger partial charge in [0.1, 0.15) is 6.26 Å². The highest BCUT2D eigenvalue weighted by atomic mass is 32.2. The van der Waals surface area contributed by atoms with Crippen LogP contribution in [0.2, 0.25) is 0 Å². The first kappa shape index (κ1) is 21.0. The van der Waals surface area contributed by atoms with Crippen LogP contribution in [0.25, 0.3) is 0 Å². The summed E-state index contributed by atoms with van der Waals surface area (Å²) in [5.41, 5.74) is 0.552. The molecule has 0 radical (unpaired) electrons. The Balaban J connectivity index is 1.55. The molecule has 4 rings (SSSR count). The van der Waals surface area contributed by atoms with Gasteiger partial charge in [0.05, 0.1) is 30.5 Å². The molecular formula is C20H28N4O5S. The Morgan fingerprint density at radius 1 is 1.27 bits per heavy atom. The molecule has 2 amide bonds. The minimum atomic E-state index is -3.76. The zero-order chi connectivity index (χ0) is 21.6. The van der Waals surface area contributed by atoms with Crippen molar-refractivity contribution in [2.75, 3.05) is 25.9 Å². The molecule has 0 bridgehead atoms. The van der Waals surface area contributed by atoms with Crippen molar-refractivity contribution in [3.8, 4) is 0 Å². The molecule has 0 spiro atoms. The molecule has 0 saturated carbocycles. The molecule has 0 aromatic carbocycles. The molecule has 2 saturated heterocycles. The average molecular weight is 437 g/mol. The number of hydrogen-bond donors (Lipinski definition) is 0. The summed E-state index contributed by atoms with van der Waals surface area (Å²) in [6.07, 6.45) is 7.56. The Hall–Kier alpha value is -2.20. The monoisotopic (exact) mass is 436 g/mol. The Morgan fingerprint density at radius 3 is 2.60 bits per heavy atom. The number of oxazole rings is 1. The Labute approximate surface area is 176 Å². The lowest BCUT2D eigenvalue weighted by atomic mass is 9.89. The number of rotatable bonds is 5. The van der Waals surface area contributed by atoms with Crippen LogP contribution in [-0.2, 0) is 21.4 Å². The SMILES string of the molecule is CC(C)[C@@H]1C(=O)N(S(C)(=O)=O)C2=CCN(C(=O)c3coc(CN4CCCCC4)n3)[C@H]21. The number of amides is 2. The van der Waals surface area contributed by atoms with E-state index >= 15 is 0 Å². The van der Waals surface area contributed by atoms with Crippen molar-refractivity contribution >= 4 is 21.8 Å². The minimum Gasteiger partial charge on any atom is -0.447 e. The molecule has 0 aliphatic carbocycles. The molecule has 164 valence electrons. The van der Waals surface area contributed by atoms with E-state index in [-0.39, 0.29) is 24.1 Å². The number of nitrogens with zero attached hydrogens (tertiary/aromatic N) is 4. The Bertz CT molecular complexity index is 977. The molecule has 1 aromatic rings. The van der Waals surface area contributed by atoms with E-state index < -0.39 is 27.9 Å². The first-order valence-electron chi connectivity index (χ1n) is 10.4. The van der Waals surface area contributed by atoms with E-state index in [0.29, 0.717) is 18.1 Å².